The summed E-state index contributed by atoms with van der Waals surface area (Å²) >= 11 is 0. The van der Waals surface area contributed by atoms with Crippen molar-refractivity contribution in [2.24, 2.45) is 0 Å². The van der Waals surface area contributed by atoms with Gasteiger partial charge in [-0.25, -0.2) is 0 Å². The summed E-state index contributed by atoms with van der Waals surface area (Å²) in [6.45, 7) is 0. The summed E-state index contributed by atoms with van der Waals surface area (Å²) in [4.78, 5) is 0. The van der Waals surface area contributed by atoms with Crippen molar-refractivity contribution in [3.05, 3.63) is 192 Å². The summed E-state index contributed by atoms with van der Waals surface area (Å²) in [7, 11) is 0. The average Bonchev–Trinajstić information content (AvgIpc) is 3.80. The number of alkyl halides is 3. The Morgan fingerprint density at radius 1 is 0.383 bits per heavy atom. The van der Waals surface area contributed by atoms with Crippen LogP contribution < -0.4 is 0 Å². The molecule has 0 aliphatic carbocycles. The molecule has 10 aromatic rings. The molecule has 0 fully saturated rings. The van der Waals surface area contributed by atoms with E-state index in [1.165, 1.54) is 12.1 Å². The molecule has 0 bridgehead atoms. The van der Waals surface area contributed by atoms with Gasteiger partial charge in [-0.05, 0) is 101 Å². The Hall–Kier alpha value is -8.38. The largest absolute Gasteiger partial charge is 0.416 e. The van der Waals surface area contributed by atoms with E-state index in [2.05, 4.69) is 18.2 Å². The first-order valence-corrected chi connectivity index (χ1v) is 19.1. The average molecular weight is 780 g/mol. The number of nitrogens with zero attached hydrogens (tertiary/aromatic N) is 5. The van der Waals surface area contributed by atoms with Crippen LogP contribution in [0.1, 0.15) is 22.3 Å². The van der Waals surface area contributed by atoms with Crippen LogP contribution in [0, 0.1) is 34.0 Å². The van der Waals surface area contributed by atoms with Gasteiger partial charge < -0.3 is 9.13 Å². The summed E-state index contributed by atoms with van der Waals surface area (Å²) in [5, 5.41) is 33.7. The Bertz CT molecular complexity index is 3500. The molecule has 0 saturated heterocycles. The Balaban J connectivity index is 1.30. The van der Waals surface area contributed by atoms with Crippen LogP contribution in [-0.2, 0) is 6.18 Å². The highest BCUT2D eigenvalue weighted by molar-refractivity contribution is 6.12. The third-order valence-electron chi connectivity index (χ3n) is 11.3. The lowest BCUT2D eigenvalue weighted by atomic mass is 9.97. The molecule has 2 heterocycles. The van der Waals surface area contributed by atoms with Gasteiger partial charge in [-0.2, -0.15) is 29.0 Å². The number of hydrogen-bond acceptors (Lipinski definition) is 3. The molecule has 0 aliphatic heterocycles. The van der Waals surface area contributed by atoms with Crippen molar-refractivity contribution >= 4 is 43.6 Å². The van der Waals surface area contributed by atoms with Gasteiger partial charge in [0.1, 0.15) is 6.07 Å². The monoisotopic (exact) mass is 779 g/mol. The molecular weight excluding hydrogens is 752 g/mol. The number of nitriles is 3. The molecule has 0 radical (unpaired) electrons. The lowest BCUT2D eigenvalue weighted by molar-refractivity contribution is -0.137. The van der Waals surface area contributed by atoms with Gasteiger partial charge in [0.2, 0.25) is 0 Å². The Morgan fingerprint density at radius 3 is 1.37 bits per heavy atom. The van der Waals surface area contributed by atoms with Crippen LogP contribution in [0.25, 0.3) is 88.4 Å². The van der Waals surface area contributed by atoms with Gasteiger partial charge in [0, 0.05) is 27.1 Å². The first-order valence-electron chi connectivity index (χ1n) is 19.1. The van der Waals surface area contributed by atoms with Gasteiger partial charge in [0.05, 0.1) is 67.8 Å². The van der Waals surface area contributed by atoms with Crippen molar-refractivity contribution in [3.63, 3.8) is 0 Å². The maximum absolute atomic E-state index is 14.4. The Morgan fingerprint density at radius 2 is 0.867 bits per heavy atom. The summed E-state index contributed by atoms with van der Waals surface area (Å²) in [5.41, 5.74) is 9.32. The second kappa shape index (κ2) is 13.9. The van der Waals surface area contributed by atoms with Crippen molar-refractivity contribution in [1.29, 1.82) is 15.8 Å². The van der Waals surface area contributed by atoms with Crippen LogP contribution in [0.2, 0.25) is 0 Å². The zero-order chi connectivity index (χ0) is 41.1. The van der Waals surface area contributed by atoms with Crippen LogP contribution in [0.3, 0.4) is 0 Å². The molecule has 0 atom stereocenters. The quantitative estimate of drug-likeness (QED) is 0.174. The minimum Gasteiger partial charge on any atom is -0.309 e. The first kappa shape index (κ1) is 36.0. The van der Waals surface area contributed by atoms with Crippen molar-refractivity contribution < 1.29 is 13.2 Å². The highest BCUT2D eigenvalue weighted by Crippen LogP contribution is 2.43. The molecule has 8 heteroatoms. The summed E-state index contributed by atoms with van der Waals surface area (Å²) in [5.74, 6) is 0. The lowest BCUT2D eigenvalue weighted by Crippen LogP contribution is -2.06. The van der Waals surface area contributed by atoms with Crippen LogP contribution >= 0.6 is 0 Å². The standard InChI is InChI=1S/C52H28F3N5/c53-52(54,55)40-7-5-6-38(24-40)45-28-48(59-46-10-3-1-8-41(46)43-22-20-36(25-49(43)59)34-16-12-32(29-56)13-17-34)39(31-58)27-51(45)60-47-11-4-2-9-42(47)44-23-21-37(26-50(44)60)35-18-14-33(30-57)15-19-35/h1-28H. The van der Waals surface area contributed by atoms with E-state index in [4.69, 9.17) is 0 Å². The van der Waals surface area contributed by atoms with Crippen molar-refractivity contribution in [3.8, 4) is 63.0 Å². The lowest BCUT2D eigenvalue weighted by Gasteiger charge is -2.20. The van der Waals surface area contributed by atoms with Crippen LogP contribution in [0.4, 0.5) is 13.2 Å². The summed E-state index contributed by atoms with van der Waals surface area (Å²) in [6.07, 6.45) is -4.59. The Kier molecular flexibility index (Phi) is 8.35. The molecule has 0 saturated carbocycles. The summed E-state index contributed by atoms with van der Waals surface area (Å²) in [6, 6.07) is 58.4. The molecule has 0 N–H and O–H groups in total. The first-order chi connectivity index (χ1) is 29.2. The SMILES string of the molecule is N#Cc1ccc(-c2ccc3c4ccccc4n(-c4cc(-c5cccc(C(F)(F)F)c5)c(-n5c6ccccc6c6ccc(-c7ccc(C#N)cc7)cc65)cc4C#N)c3c2)cc1. The number of fused-ring (bicyclic) bond motifs is 6. The smallest absolute Gasteiger partial charge is 0.309 e. The van der Waals surface area contributed by atoms with E-state index in [1.54, 1.807) is 36.4 Å². The molecule has 0 amide bonds. The normalized spacial score (nSPS) is 11.5. The van der Waals surface area contributed by atoms with E-state index in [0.717, 1.165) is 71.9 Å². The predicted octanol–water partition coefficient (Wildman–Crippen LogP) is 13.5. The molecule has 5 nitrogen and oxygen atoms in total. The molecule has 0 spiro atoms. The molecule has 2 aromatic heterocycles. The third-order valence-corrected chi connectivity index (χ3v) is 11.3. The zero-order valence-electron chi connectivity index (χ0n) is 31.5. The highest BCUT2D eigenvalue weighted by Gasteiger charge is 2.31. The van der Waals surface area contributed by atoms with E-state index in [1.807, 2.05) is 124 Å². The van der Waals surface area contributed by atoms with Gasteiger partial charge >= 0.3 is 6.18 Å². The third kappa shape index (κ3) is 5.85. The maximum atomic E-state index is 14.4. The van der Waals surface area contributed by atoms with Crippen molar-refractivity contribution in [2.45, 2.75) is 6.18 Å². The minimum absolute atomic E-state index is 0.321. The molecular formula is C52H28F3N5. The zero-order valence-corrected chi connectivity index (χ0v) is 31.5. The maximum Gasteiger partial charge on any atom is 0.416 e. The van der Waals surface area contributed by atoms with E-state index >= 15 is 0 Å². The highest BCUT2D eigenvalue weighted by atomic mass is 19.4. The van der Waals surface area contributed by atoms with E-state index in [9.17, 15) is 29.0 Å². The second-order valence-corrected chi connectivity index (χ2v) is 14.6. The number of hydrogen-bond donors (Lipinski definition) is 0. The summed E-state index contributed by atoms with van der Waals surface area (Å²) < 4.78 is 47.4. The molecule has 60 heavy (non-hydrogen) atoms. The fourth-order valence-corrected chi connectivity index (χ4v) is 8.42. The van der Waals surface area contributed by atoms with Gasteiger partial charge in [-0.3, -0.25) is 0 Å². The van der Waals surface area contributed by atoms with Crippen LogP contribution in [0.5, 0.6) is 0 Å². The molecule has 0 unspecified atom stereocenters. The number of benzene rings is 8. The van der Waals surface area contributed by atoms with Crippen molar-refractivity contribution in [2.75, 3.05) is 0 Å². The number of para-hydroxylation sites is 2. The Labute approximate surface area is 341 Å². The van der Waals surface area contributed by atoms with Gasteiger partial charge in [-0.1, -0.05) is 97.1 Å². The fraction of sp³-hybridized carbons (Fsp3) is 0.0192. The molecule has 282 valence electrons. The predicted molar refractivity (Wildman–Crippen MR) is 231 cm³/mol. The number of halogens is 3. The van der Waals surface area contributed by atoms with Gasteiger partial charge in [0.15, 0.2) is 0 Å². The van der Waals surface area contributed by atoms with Crippen molar-refractivity contribution in [1.82, 2.24) is 9.13 Å². The molecule has 8 aromatic carbocycles. The number of aromatic nitrogens is 2. The van der Waals surface area contributed by atoms with Crippen LogP contribution in [-0.4, -0.2) is 9.13 Å². The van der Waals surface area contributed by atoms with E-state index in [-0.39, 0.29) is 0 Å². The fourth-order valence-electron chi connectivity index (χ4n) is 8.42. The van der Waals surface area contributed by atoms with Gasteiger partial charge in [0.25, 0.3) is 0 Å². The number of rotatable bonds is 5. The topological polar surface area (TPSA) is 81.2 Å². The van der Waals surface area contributed by atoms with E-state index in [0.29, 0.717) is 39.2 Å². The second-order valence-electron chi connectivity index (χ2n) is 14.6. The van der Waals surface area contributed by atoms with Gasteiger partial charge in [-0.15, -0.1) is 0 Å². The van der Waals surface area contributed by atoms with Crippen LogP contribution in [0.15, 0.2) is 170 Å². The molecule has 0 aliphatic rings. The van der Waals surface area contributed by atoms with E-state index < -0.39 is 11.7 Å². The minimum atomic E-state index is -4.59. The molecule has 10 rings (SSSR count).